The highest BCUT2D eigenvalue weighted by molar-refractivity contribution is 5.94. The summed E-state index contributed by atoms with van der Waals surface area (Å²) in [5.74, 6) is -1.59. The van der Waals surface area contributed by atoms with E-state index >= 15 is 0 Å². The summed E-state index contributed by atoms with van der Waals surface area (Å²) in [4.78, 5) is 12.6. The van der Waals surface area contributed by atoms with Crippen LogP contribution in [-0.4, -0.2) is 36.8 Å². The van der Waals surface area contributed by atoms with Gasteiger partial charge in [0.1, 0.15) is 17.4 Å². The molecule has 5 nitrogen and oxygen atoms in total. The van der Waals surface area contributed by atoms with Gasteiger partial charge in [-0.2, -0.15) is 0 Å². The van der Waals surface area contributed by atoms with Gasteiger partial charge in [0, 0.05) is 24.7 Å². The molecular weight excluding hydrogens is 414 g/mol. The Morgan fingerprint density at radius 3 is 2.34 bits per heavy atom. The standard InChI is InChI=1S/C25H26F2N2O3/c1-32-22-9-5-8-18(10-22)15-28-16-24(30)23(11-17-6-3-2-4-7-17)29-25(31)19-12-20(26)14-21(27)13-19/h2-10,12-14,23-24,28,30H,11,15-16H2,1H3,(H,29,31). The third-order valence-corrected chi connectivity index (χ3v) is 5.02. The summed E-state index contributed by atoms with van der Waals surface area (Å²) in [7, 11) is 1.59. The van der Waals surface area contributed by atoms with Crippen molar-refractivity contribution < 1.29 is 23.4 Å². The number of methoxy groups -OCH3 is 1. The number of benzene rings is 3. The van der Waals surface area contributed by atoms with Crippen LogP contribution in [0.2, 0.25) is 0 Å². The van der Waals surface area contributed by atoms with Gasteiger partial charge in [-0.05, 0) is 41.8 Å². The first-order valence-corrected chi connectivity index (χ1v) is 10.3. The highest BCUT2D eigenvalue weighted by Crippen LogP contribution is 2.13. The second kappa shape index (κ2) is 11.4. The van der Waals surface area contributed by atoms with E-state index in [2.05, 4.69) is 10.6 Å². The third-order valence-electron chi connectivity index (χ3n) is 5.02. The van der Waals surface area contributed by atoms with E-state index in [4.69, 9.17) is 4.74 Å². The van der Waals surface area contributed by atoms with Crippen molar-refractivity contribution in [3.05, 3.63) is 101 Å². The smallest absolute Gasteiger partial charge is 0.251 e. The van der Waals surface area contributed by atoms with Crippen LogP contribution in [0.15, 0.2) is 72.8 Å². The molecular formula is C25H26F2N2O3. The van der Waals surface area contributed by atoms with Crippen molar-refractivity contribution in [2.24, 2.45) is 0 Å². The van der Waals surface area contributed by atoms with Crippen LogP contribution in [0.3, 0.4) is 0 Å². The van der Waals surface area contributed by atoms with Crippen LogP contribution < -0.4 is 15.4 Å². The molecule has 0 spiro atoms. The van der Waals surface area contributed by atoms with Crippen molar-refractivity contribution in [1.82, 2.24) is 10.6 Å². The minimum absolute atomic E-state index is 0.142. The largest absolute Gasteiger partial charge is 0.497 e. The van der Waals surface area contributed by atoms with Gasteiger partial charge in [0.05, 0.1) is 19.3 Å². The predicted octanol–water partition coefficient (Wildman–Crippen LogP) is 3.47. The normalized spacial score (nSPS) is 12.8. The van der Waals surface area contributed by atoms with E-state index in [0.29, 0.717) is 19.0 Å². The Hall–Kier alpha value is -3.29. The van der Waals surface area contributed by atoms with Crippen molar-refractivity contribution in [3.8, 4) is 5.75 Å². The van der Waals surface area contributed by atoms with Crippen LogP contribution in [0.5, 0.6) is 5.75 Å². The molecule has 0 heterocycles. The number of aliphatic hydroxyl groups excluding tert-OH is 1. The molecule has 0 radical (unpaired) electrons. The molecule has 7 heteroatoms. The molecule has 32 heavy (non-hydrogen) atoms. The Morgan fingerprint density at radius 1 is 0.969 bits per heavy atom. The number of hydrogen-bond donors (Lipinski definition) is 3. The van der Waals surface area contributed by atoms with Crippen LogP contribution in [0.25, 0.3) is 0 Å². The average molecular weight is 440 g/mol. The number of halogens is 2. The molecule has 2 unspecified atom stereocenters. The monoisotopic (exact) mass is 440 g/mol. The van der Waals surface area contributed by atoms with Gasteiger partial charge in [-0.15, -0.1) is 0 Å². The van der Waals surface area contributed by atoms with E-state index in [1.54, 1.807) is 7.11 Å². The molecule has 3 aromatic rings. The molecule has 0 saturated heterocycles. The highest BCUT2D eigenvalue weighted by atomic mass is 19.1. The Morgan fingerprint density at radius 2 is 1.66 bits per heavy atom. The topological polar surface area (TPSA) is 70.6 Å². The molecule has 3 rings (SSSR count). The first-order valence-electron chi connectivity index (χ1n) is 10.3. The van der Waals surface area contributed by atoms with Crippen LogP contribution in [-0.2, 0) is 13.0 Å². The van der Waals surface area contributed by atoms with Gasteiger partial charge in [-0.25, -0.2) is 8.78 Å². The Bertz CT molecular complexity index is 1010. The summed E-state index contributed by atoms with van der Waals surface area (Å²) >= 11 is 0. The van der Waals surface area contributed by atoms with E-state index in [9.17, 15) is 18.7 Å². The Balaban J connectivity index is 1.67. The van der Waals surface area contributed by atoms with Crippen LogP contribution in [0, 0.1) is 11.6 Å². The molecule has 3 N–H and O–H groups in total. The lowest BCUT2D eigenvalue weighted by Crippen LogP contribution is -2.48. The molecule has 1 amide bonds. The fraction of sp³-hybridized carbons (Fsp3) is 0.240. The predicted molar refractivity (Wildman–Crippen MR) is 118 cm³/mol. The molecule has 0 aliphatic carbocycles. The zero-order valence-electron chi connectivity index (χ0n) is 17.7. The van der Waals surface area contributed by atoms with E-state index in [-0.39, 0.29) is 12.1 Å². The van der Waals surface area contributed by atoms with Crippen LogP contribution >= 0.6 is 0 Å². The number of ether oxygens (including phenoxy) is 1. The number of carbonyl (C=O) groups is 1. The molecule has 0 aromatic heterocycles. The maximum Gasteiger partial charge on any atom is 0.251 e. The third kappa shape index (κ3) is 6.87. The lowest BCUT2D eigenvalue weighted by Gasteiger charge is -2.25. The van der Waals surface area contributed by atoms with E-state index in [0.717, 1.165) is 29.0 Å². The second-order valence-corrected chi connectivity index (χ2v) is 7.48. The maximum atomic E-state index is 13.5. The summed E-state index contributed by atoms with van der Waals surface area (Å²) in [5.41, 5.74) is 1.75. The number of hydrogen-bond acceptors (Lipinski definition) is 4. The van der Waals surface area contributed by atoms with E-state index in [1.165, 1.54) is 0 Å². The summed E-state index contributed by atoms with van der Waals surface area (Å²) in [5, 5.41) is 16.7. The molecule has 0 saturated carbocycles. The minimum atomic E-state index is -0.942. The molecule has 0 fully saturated rings. The van der Waals surface area contributed by atoms with Crippen molar-refractivity contribution in [2.75, 3.05) is 13.7 Å². The zero-order chi connectivity index (χ0) is 22.9. The second-order valence-electron chi connectivity index (χ2n) is 7.48. The average Bonchev–Trinajstić information content (AvgIpc) is 2.78. The highest BCUT2D eigenvalue weighted by Gasteiger charge is 2.23. The minimum Gasteiger partial charge on any atom is -0.497 e. The lowest BCUT2D eigenvalue weighted by molar-refractivity contribution is 0.0829. The van der Waals surface area contributed by atoms with Gasteiger partial charge in [0.2, 0.25) is 0 Å². The summed E-state index contributed by atoms with van der Waals surface area (Å²) < 4.78 is 32.3. The van der Waals surface area contributed by atoms with Gasteiger partial charge < -0.3 is 20.5 Å². The maximum absolute atomic E-state index is 13.5. The van der Waals surface area contributed by atoms with Gasteiger partial charge in [-0.3, -0.25) is 4.79 Å². The number of aliphatic hydroxyl groups is 1. The fourth-order valence-corrected chi connectivity index (χ4v) is 3.38. The van der Waals surface area contributed by atoms with Gasteiger partial charge in [0.25, 0.3) is 5.91 Å². The van der Waals surface area contributed by atoms with Gasteiger partial charge in [0.15, 0.2) is 0 Å². The number of rotatable bonds is 10. The molecule has 168 valence electrons. The quantitative estimate of drug-likeness (QED) is 0.452. The Labute approximate surface area is 186 Å². The van der Waals surface area contributed by atoms with Crippen molar-refractivity contribution >= 4 is 5.91 Å². The molecule has 0 bridgehead atoms. The SMILES string of the molecule is COc1cccc(CNCC(O)C(Cc2ccccc2)NC(=O)c2cc(F)cc(F)c2)c1. The molecule has 0 aliphatic heterocycles. The van der Waals surface area contributed by atoms with Crippen molar-refractivity contribution in [2.45, 2.75) is 25.1 Å². The summed E-state index contributed by atoms with van der Waals surface area (Å²) in [6.45, 7) is 0.696. The first kappa shape index (κ1) is 23.4. The molecule has 0 aliphatic rings. The lowest BCUT2D eigenvalue weighted by atomic mass is 10.0. The van der Waals surface area contributed by atoms with Gasteiger partial charge >= 0.3 is 0 Å². The van der Waals surface area contributed by atoms with E-state index in [1.807, 2.05) is 54.6 Å². The molecule has 3 aromatic carbocycles. The first-order chi connectivity index (χ1) is 15.4. The van der Waals surface area contributed by atoms with Gasteiger partial charge in [-0.1, -0.05) is 42.5 Å². The summed E-state index contributed by atoms with van der Waals surface area (Å²) in [6, 6.07) is 18.9. The van der Waals surface area contributed by atoms with Crippen LogP contribution in [0.4, 0.5) is 8.78 Å². The Kier molecular flexibility index (Phi) is 8.30. The van der Waals surface area contributed by atoms with Crippen LogP contribution in [0.1, 0.15) is 21.5 Å². The number of nitrogens with one attached hydrogen (secondary N) is 2. The number of carbonyl (C=O) groups excluding carboxylic acids is 1. The summed E-state index contributed by atoms with van der Waals surface area (Å²) in [6.07, 6.45) is -0.588. The van der Waals surface area contributed by atoms with Crippen molar-refractivity contribution in [1.29, 1.82) is 0 Å². The van der Waals surface area contributed by atoms with E-state index < -0.39 is 29.7 Å². The zero-order valence-corrected chi connectivity index (χ0v) is 17.7. The fourth-order valence-electron chi connectivity index (χ4n) is 3.38. The number of amides is 1. The van der Waals surface area contributed by atoms with Crippen molar-refractivity contribution in [3.63, 3.8) is 0 Å². The molecule has 2 atom stereocenters.